The van der Waals surface area contributed by atoms with Gasteiger partial charge in [-0.2, -0.15) is 0 Å². The Morgan fingerprint density at radius 3 is 2.83 bits per heavy atom. The Morgan fingerprint density at radius 1 is 1.75 bits per heavy atom. The van der Waals surface area contributed by atoms with Gasteiger partial charge in [0.25, 0.3) is 0 Å². The molecule has 1 heterocycles. The van der Waals surface area contributed by atoms with E-state index in [0.717, 1.165) is 12.0 Å². The van der Waals surface area contributed by atoms with E-state index in [4.69, 9.17) is 16.3 Å². The van der Waals surface area contributed by atoms with Gasteiger partial charge in [-0.3, -0.25) is 0 Å². The molecular formula is C9H15ClO2. The Hall–Kier alpha value is -0.0500. The second-order valence-electron chi connectivity index (χ2n) is 3.43. The fraction of sp³-hybridized carbons (Fsp3) is 0.778. The van der Waals surface area contributed by atoms with E-state index in [2.05, 4.69) is 0 Å². The Labute approximate surface area is 78.2 Å². The van der Waals surface area contributed by atoms with E-state index in [1.165, 1.54) is 0 Å². The van der Waals surface area contributed by atoms with Crippen molar-refractivity contribution in [3.8, 4) is 0 Å². The van der Waals surface area contributed by atoms with Gasteiger partial charge in [-0.15, -0.1) is 0 Å². The minimum atomic E-state index is -0.327. The molecule has 0 aromatic carbocycles. The molecule has 0 spiro atoms. The number of halogens is 1. The summed E-state index contributed by atoms with van der Waals surface area (Å²) in [7, 11) is 0. The van der Waals surface area contributed by atoms with E-state index in [1.54, 1.807) is 5.54 Å². The molecular weight excluding hydrogens is 176 g/mol. The van der Waals surface area contributed by atoms with Crippen LogP contribution in [0.5, 0.6) is 0 Å². The number of aliphatic hydroxyl groups is 1. The zero-order valence-corrected chi connectivity index (χ0v) is 8.21. The number of ether oxygens (including phenoxy) is 1. The van der Waals surface area contributed by atoms with Gasteiger partial charge in [0.2, 0.25) is 0 Å². The van der Waals surface area contributed by atoms with Crippen LogP contribution < -0.4 is 0 Å². The van der Waals surface area contributed by atoms with Gasteiger partial charge in [0.1, 0.15) is 0 Å². The largest absolute Gasteiger partial charge is 0.390 e. The van der Waals surface area contributed by atoms with Crippen molar-refractivity contribution in [3.63, 3.8) is 0 Å². The number of hydrogen-bond acceptors (Lipinski definition) is 2. The highest BCUT2D eigenvalue weighted by atomic mass is 35.5. The van der Waals surface area contributed by atoms with Gasteiger partial charge in [0, 0.05) is 11.5 Å². The summed E-state index contributed by atoms with van der Waals surface area (Å²) >= 11 is 5.54. The standard InChI is InChI=1S/C9H15ClO2/c1-6(4-10)3-8-7(2)12-5-9(8)11/h4,7-9,11H,3,5H2,1-2H3/b6-4+. The molecule has 2 nitrogen and oxygen atoms in total. The van der Waals surface area contributed by atoms with Crippen molar-refractivity contribution in [1.29, 1.82) is 0 Å². The molecule has 0 bridgehead atoms. The predicted octanol–water partition coefficient (Wildman–Crippen LogP) is 1.91. The minimum absolute atomic E-state index is 0.145. The molecule has 1 N–H and O–H groups in total. The maximum absolute atomic E-state index is 9.51. The number of rotatable bonds is 2. The van der Waals surface area contributed by atoms with Crippen LogP contribution in [0.25, 0.3) is 0 Å². The lowest BCUT2D eigenvalue weighted by atomic mass is 9.93. The van der Waals surface area contributed by atoms with E-state index in [1.807, 2.05) is 13.8 Å². The number of allylic oxidation sites excluding steroid dienone is 1. The second-order valence-corrected chi connectivity index (χ2v) is 3.65. The van der Waals surface area contributed by atoms with Gasteiger partial charge in [-0.1, -0.05) is 17.2 Å². The first-order valence-corrected chi connectivity index (χ1v) is 4.64. The van der Waals surface area contributed by atoms with E-state index in [0.29, 0.717) is 6.61 Å². The molecule has 3 unspecified atom stereocenters. The first-order valence-electron chi connectivity index (χ1n) is 4.20. The third-order valence-corrected chi connectivity index (χ3v) is 2.74. The monoisotopic (exact) mass is 190 g/mol. The van der Waals surface area contributed by atoms with Crippen LogP contribution in [0.3, 0.4) is 0 Å². The number of aliphatic hydroxyl groups excluding tert-OH is 1. The average molecular weight is 191 g/mol. The van der Waals surface area contributed by atoms with Gasteiger partial charge < -0.3 is 9.84 Å². The first kappa shape index (κ1) is 10.0. The van der Waals surface area contributed by atoms with Gasteiger partial charge in [-0.05, 0) is 20.3 Å². The molecule has 12 heavy (non-hydrogen) atoms. The maximum Gasteiger partial charge on any atom is 0.0829 e. The summed E-state index contributed by atoms with van der Waals surface area (Å²) in [5.41, 5.74) is 2.66. The van der Waals surface area contributed by atoms with Gasteiger partial charge in [0.05, 0.1) is 18.8 Å². The first-order chi connectivity index (χ1) is 5.65. The Balaban J connectivity index is 2.50. The van der Waals surface area contributed by atoms with Crippen LogP contribution in [-0.4, -0.2) is 23.9 Å². The molecule has 0 aliphatic carbocycles. The SMILES string of the molecule is C/C(=C\Cl)CC1C(O)COC1C. The fourth-order valence-electron chi connectivity index (χ4n) is 1.53. The van der Waals surface area contributed by atoms with Crippen LogP contribution in [0.15, 0.2) is 11.1 Å². The predicted molar refractivity (Wildman–Crippen MR) is 49.1 cm³/mol. The van der Waals surface area contributed by atoms with Crippen LogP contribution in [0.1, 0.15) is 20.3 Å². The van der Waals surface area contributed by atoms with Crippen molar-refractivity contribution in [1.82, 2.24) is 0 Å². The maximum atomic E-state index is 9.51. The topological polar surface area (TPSA) is 29.5 Å². The summed E-state index contributed by atoms with van der Waals surface area (Å²) in [6, 6.07) is 0. The molecule has 1 aliphatic heterocycles. The zero-order chi connectivity index (χ0) is 9.14. The van der Waals surface area contributed by atoms with Crippen molar-refractivity contribution >= 4 is 11.6 Å². The van der Waals surface area contributed by atoms with Crippen LogP contribution in [0.2, 0.25) is 0 Å². The van der Waals surface area contributed by atoms with Gasteiger partial charge >= 0.3 is 0 Å². The lowest BCUT2D eigenvalue weighted by Gasteiger charge is -2.16. The summed E-state index contributed by atoms with van der Waals surface area (Å²) in [6.07, 6.45) is 0.643. The fourth-order valence-corrected chi connectivity index (χ4v) is 1.62. The van der Waals surface area contributed by atoms with Crippen LogP contribution in [0.4, 0.5) is 0 Å². The Morgan fingerprint density at radius 2 is 2.42 bits per heavy atom. The van der Waals surface area contributed by atoms with E-state index >= 15 is 0 Å². The summed E-state index contributed by atoms with van der Waals surface area (Å²) in [4.78, 5) is 0. The normalized spacial score (nSPS) is 37.3. The summed E-state index contributed by atoms with van der Waals surface area (Å²) in [5.74, 6) is 0.208. The highest BCUT2D eigenvalue weighted by Gasteiger charge is 2.32. The number of hydrogen-bond donors (Lipinski definition) is 1. The third-order valence-electron chi connectivity index (χ3n) is 2.37. The summed E-state index contributed by atoms with van der Waals surface area (Å²) in [6.45, 7) is 4.41. The van der Waals surface area contributed by atoms with Crippen molar-refractivity contribution in [2.45, 2.75) is 32.5 Å². The molecule has 0 saturated carbocycles. The van der Waals surface area contributed by atoms with Crippen molar-refractivity contribution < 1.29 is 9.84 Å². The molecule has 3 heteroatoms. The molecule has 1 saturated heterocycles. The molecule has 70 valence electrons. The van der Waals surface area contributed by atoms with E-state index in [9.17, 15) is 5.11 Å². The van der Waals surface area contributed by atoms with Crippen molar-refractivity contribution in [3.05, 3.63) is 11.1 Å². The average Bonchev–Trinajstić information content (AvgIpc) is 2.35. The molecule has 0 aromatic rings. The minimum Gasteiger partial charge on any atom is -0.390 e. The van der Waals surface area contributed by atoms with Crippen molar-refractivity contribution in [2.24, 2.45) is 5.92 Å². The van der Waals surface area contributed by atoms with E-state index < -0.39 is 0 Å². The van der Waals surface area contributed by atoms with Gasteiger partial charge in [-0.25, -0.2) is 0 Å². The second kappa shape index (κ2) is 4.26. The summed E-state index contributed by atoms with van der Waals surface area (Å²) < 4.78 is 5.30. The molecule has 3 atom stereocenters. The molecule has 1 rings (SSSR count). The van der Waals surface area contributed by atoms with Crippen molar-refractivity contribution in [2.75, 3.05) is 6.61 Å². The quantitative estimate of drug-likeness (QED) is 0.721. The van der Waals surface area contributed by atoms with Crippen LogP contribution in [-0.2, 0) is 4.74 Å². The van der Waals surface area contributed by atoms with E-state index in [-0.39, 0.29) is 18.1 Å². The third kappa shape index (κ3) is 2.22. The smallest absolute Gasteiger partial charge is 0.0829 e. The lowest BCUT2D eigenvalue weighted by molar-refractivity contribution is 0.0963. The Bertz CT molecular complexity index is 169. The molecule has 1 aliphatic rings. The molecule has 0 amide bonds. The molecule has 0 aromatic heterocycles. The molecule has 1 fully saturated rings. The summed E-state index contributed by atoms with van der Waals surface area (Å²) in [5, 5.41) is 9.51. The van der Waals surface area contributed by atoms with Crippen LogP contribution >= 0.6 is 11.6 Å². The lowest BCUT2D eigenvalue weighted by Crippen LogP contribution is -2.22. The zero-order valence-electron chi connectivity index (χ0n) is 7.46. The highest BCUT2D eigenvalue weighted by molar-refractivity contribution is 6.25. The van der Waals surface area contributed by atoms with Crippen LogP contribution in [0, 0.1) is 5.92 Å². The Kier molecular flexibility index (Phi) is 3.56. The molecule has 0 radical (unpaired) electrons. The highest BCUT2D eigenvalue weighted by Crippen LogP contribution is 2.27. The van der Waals surface area contributed by atoms with Gasteiger partial charge in [0.15, 0.2) is 0 Å².